The highest BCUT2D eigenvalue weighted by Crippen LogP contribution is 2.34. The fourth-order valence-electron chi connectivity index (χ4n) is 3.07. The lowest BCUT2D eigenvalue weighted by Crippen LogP contribution is -2.27. The molecule has 0 radical (unpaired) electrons. The summed E-state index contributed by atoms with van der Waals surface area (Å²) in [6.45, 7) is 2.42. The Balaban J connectivity index is 1.63. The Morgan fingerprint density at radius 3 is 2.92 bits per heavy atom. The molecule has 1 atom stereocenters. The number of ether oxygens (including phenoxy) is 1. The highest BCUT2D eigenvalue weighted by Gasteiger charge is 2.28. The number of aryl methyl sites for hydroxylation is 1. The summed E-state index contributed by atoms with van der Waals surface area (Å²) in [6, 6.07) is 15.1. The summed E-state index contributed by atoms with van der Waals surface area (Å²) in [5, 5.41) is 7.44. The third-order valence-corrected chi connectivity index (χ3v) is 4.22. The van der Waals surface area contributed by atoms with Crippen LogP contribution in [0.4, 0.5) is 5.82 Å². The maximum Gasteiger partial charge on any atom is 0.233 e. The van der Waals surface area contributed by atoms with Crippen LogP contribution >= 0.6 is 0 Å². The van der Waals surface area contributed by atoms with Gasteiger partial charge in [0.2, 0.25) is 5.91 Å². The van der Waals surface area contributed by atoms with Gasteiger partial charge in [-0.1, -0.05) is 24.3 Å². The van der Waals surface area contributed by atoms with E-state index in [0.29, 0.717) is 24.7 Å². The van der Waals surface area contributed by atoms with E-state index in [-0.39, 0.29) is 11.8 Å². The number of pyridine rings is 1. The Morgan fingerprint density at radius 1 is 1.24 bits per heavy atom. The predicted molar refractivity (Wildman–Crippen MR) is 94.0 cm³/mol. The topological polar surface area (TPSA) is 69.0 Å². The lowest BCUT2D eigenvalue weighted by Gasteiger charge is -2.25. The van der Waals surface area contributed by atoms with Gasteiger partial charge in [-0.2, -0.15) is 9.78 Å². The number of aromatic nitrogens is 3. The summed E-state index contributed by atoms with van der Waals surface area (Å²) >= 11 is 0. The summed E-state index contributed by atoms with van der Waals surface area (Å²) in [5.74, 6) is 1.76. The van der Waals surface area contributed by atoms with Crippen molar-refractivity contribution in [2.45, 2.75) is 19.3 Å². The van der Waals surface area contributed by atoms with Gasteiger partial charge in [0, 0.05) is 17.8 Å². The number of nitrogens with zero attached hydrogens (tertiary/aromatic N) is 3. The van der Waals surface area contributed by atoms with Crippen molar-refractivity contribution < 1.29 is 9.53 Å². The standard InChI is InChI=1S/C19H18N4O2/c1-13-12-18(23(22-13)17-8-4-5-10-20-17)21-19(24)15-9-11-25-16-7-3-2-6-14(15)16/h2-8,10,12,15H,9,11H2,1H3,(H,21,24). The number of para-hydroxylation sites is 1. The molecule has 0 fully saturated rings. The number of nitrogens with one attached hydrogen (secondary N) is 1. The van der Waals surface area contributed by atoms with Gasteiger partial charge in [-0.05, 0) is 31.5 Å². The molecule has 0 spiro atoms. The second kappa shape index (κ2) is 6.39. The maximum atomic E-state index is 12.9. The third-order valence-electron chi connectivity index (χ3n) is 4.22. The minimum Gasteiger partial charge on any atom is -0.493 e. The zero-order valence-electron chi connectivity index (χ0n) is 13.8. The minimum atomic E-state index is -0.239. The van der Waals surface area contributed by atoms with Gasteiger partial charge in [-0.25, -0.2) is 4.98 Å². The smallest absolute Gasteiger partial charge is 0.233 e. The van der Waals surface area contributed by atoms with Crippen LogP contribution in [0.3, 0.4) is 0 Å². The molecule has 6 nitrogen and oxygen atoms in total. The monoisotopic (exact) mass is 334 g/mol. The van der Waals surface area contributed by atoms with E-state index < -0.39 is 0 Å². The molecule has 0 saturated carbocycles. The molecule has 1 aliphatic heterocycles. The number of anilines is 1. The van der Waals surface area contributed by atoms with Crippen molar-refractivity contribution in [3.05, 3.63) is 66.0 Å². The van der Waals surface area contributed by atoms with Crippen LogP contribution in [-0.4, -0.2) is 27.3 Å². The van der Waals surface area contributed by atoms with Crippen molar-refractivity contribution in [2.24, 2.45) is 0 Å². The molecular formula is C19H18N4O2. The van der Waals surface area contributed by atoms with Gasteiger partial charge < -0.3 is 10.1 Å². The van der Waals surface area contributed by atoms with Gasteiger partial charge in [0.05, 0.1) is 18.2 Å². The lowest BCUT2D eigenvalue weighted by atomic mass is 9.92. The molecule has 6 heteroatoms. The molecule has 0 bridgehead atoms. The summed E-state index contributed by atoms with van der Waals surface area (Å²) in [4.78, 5) is 17.2. The first kappa shape index (κ1) is 15.4. The van der Waals surface area contributed by atoms with Crippen molar-refractivity contribution in [2.75, 3.05) is 11.9 Å². The van der Waals surface area contributed by atoms with Crippen molar-refractivity contribution in [3.63, 3.8) is 0 Å². The second-order valence-corrected chi connectivity index (χ2v) is 5.99. The fraction of sp³-hybridized carbons (Fsp3) is 0.211. The van der Waals surface area contributed by atoms with Crippen molar-refractivity contribution in [1.29, 1.82) is 0 Å². The number of benzene rings is 1. The molecule has 3 heterocycles. The van der Waals surface area contributed by atoms with Crippen molar-refractivity contribution in [1.82, 2.24) is 14.8 Å². The van der Waals surface area contributed by atoms with E-state index in [0.717, 1.165) is 17.0 Å². The van der Waals surface area contributed by atoms with E-state index in [1.54, 1.807) is 10.9 Å². The molecule has 3 aromatic rings. The minimum absolute atomic E-state index is 0.0622. The SMILES string of the molecule is Cc1cc(NC(=O)C2CCOc3ccccc32)n(-c2ccccn2)n1. The Kier molecular flexibility index (Phi) is 3.93. The summed E-state index contributed by atoms with van der Waals surface area (Å²) in [6.07, 6.45) is 2.35. The highest BCUT2D eigenvalue weighted by molar-refractivity contribution is 5.96. The fourth-order valence-corrected chi connectivity index (χ4v) is 3.07. The van der Waals surface area contributed by atoms with Crippen LogP contribution in [0.25, 0.3) is 5.82 Å². The molecule has 1 aliphatic rings. The number of hydrogen-bond donors (Lipinski definition) is 1. The average Bonchev–Trinajstić information content (AvgIpc) is 3.02. The van der Waals surface area contributed by atoms with Gasteiger partial charge in [0.25, 0.3) is 0 Å². The van der Waals surface area contributed by atoms with Crippen LogP contribution in [0.1, 0.15) is 23.6 Å². The lowest BCUT2D eigenvalue weighted by molar-refractivity contribution is -0.118. The number of rotatable bonds is 3. The van der Waals surface area contributed by atoms with E-state index in [1.165, 1.54) is 0 Å². The van der Waals surface area contributed by atoms with Crippen LogP contribution in [0.15, 0.2) is 54.7 Å². The molecule has 1 unspecified atom stereocenters. The molecule has 126 valence electrons. The molecule has 1 aromatic carbocycles. The molecular weight excluding hydrogens is 316 g/mol. The molecule has 0 saturated heterocycles. The summed E-state index contributed by atoms with van der Waals surface area (Å²) < 4.78 is 7.29. The van der Waals surface area contributed by atoms with Crippen LogP contribution in [-0.2, 0) is 4.79 Å². The third kappa shape index (κ3) is 2.98. The van der Waals surface area contributed by atoms with Crippen LogP contribution < -0.4 is 10.1 Å². The number of hydrogen-bond acceptors (Lipinski definition) is 4. The zero-order chi connectivity index (χ0) is 17.2. The highest BCUT2D eigenvalue weighted by atomic mass is 16.5. The summed E-state index contributed by atoms with van der Waals surface area (Å²) in [5.41, 5.74) is 1.74. The zero-order valence-corrected chi connectivity index (χ0v) is 13.8. The van der Waals surface area contributed by atoms with E-state index in [4.69, 9.17) is 4.74 Å². The Bertz CT molecular complexity index is 905. The molecule has 2 aromatic heterocycles. The van der Waals surface area contributed by atoms with E-state index >= 15 is 0 Å². The van der Waals surface area contributed by atoms with Gasteiger partial charge in [0.1, 0.15) is 11.6 Å². The quantitative estimate of drug-likeness (QED) is 0.799. The molecule has 4 rings (SSSR count). The Labute approximate surface area is 145 Å². The second-order valence-electron chi connectivity index (χ2n) is 5.99. The Morgan fingerprint density at radius 2 is 2.08 bits per heavy atom. The van der Waals surface area contributed by atoms with Crippen molar-refractivity contribution >= 4 is 11.7 Å². The largest absolute Gasteiger partial charge is 0.493 e. The summed E-state index contributed by atoms with van der Waals surface area (Å²) in [7, 11) is 0. The number of amides is 1. The number of carbonyl (C=O) groups excluding carboxylic acids is 1. The maximum absolute atomic E-state index is 12.9. The van der Waals surface area contributed by atoms with Crippen LogP contribution in [0.2, 0.25) is 0 Å². The van der Waals surface area contributed by atoms with Gasteiger partial charge in [-0.15, -0.1) is 0 Å². The van der Waals surface area contributed by atoms with E-state index in [1.807, 2.05) is 55.5 Å². The number of carbonyl (C=O) groups is 1. The van der Waals surface area contributed by atoms with Gasteiger partial charge in [0.15, 0.2) is 5.82 Å². The molecule has 1 amide bonds. The Hall–Kier alpha value is -3.15. The van der Waals surface area contributed by atoms with Crippen LogP contribution in [0, 0.1) is 6.92 Å². The predicted octanol–water partition coefficient (Wildman–Crippen LogP) is 3.08. The average molecular weight is 334 g/mol. The van der Waals surface area contributed by atoms with Gasteiger partial charge in [-0.3, -0.25) is 4.79 Å². The van der Waals surface area contributed by atoms with E-state index in [9.17, 15) is 4.79 Å². The van der Waals surface area contributed by atoms with Crippen molar-refractivity contribution in [3.8, 4) is 11.6 Å². The molecule has 1 N–H and O–H groups in total. The normalized spacial score (nSPS) is 16.0. The molecule has 0 aliphatic carbocycles. The molecule has 25 heavy (non-hydrogen) atoms. The van der Waals surface area contributed by atoms with E-state index in [2.05, 4.69) is 15.4 Å². The van der Waals surface area contributed by atoms with Gasteiger partial charge >= 0.3 is 0 Å². The first-order chi connectivity index (χ1) is 12.2. The first-order valence-corrected chi connectivity index (χ1v) is 8.23. The number of fused-ring (bicyclic) bond motifs is 1. The van der Waals surface area contributed by atoms with Crippen LogP contribution in [0.5, 0.6) is 5.75 Å². The first-order valence-electron chi connectivity index (χ1n) is 8.23.